The Balaban J connectivity index is 1.68. The summed E-state index contributed by atoms with van der Waals surface area (Å²) in [6.45, 7) is 0.365. The fraction of sp³-hybridized carbons (Fsp3) is 0.0909. The third kappa shape index (κ3) is 2.65. The van der Waals surface area contributed by atoms with Crippen LogP contribution in [0, 0.1) is 0 Å². The Kier molecular flexibility index (Phi) is 4.01. The minimum Gasteiger partial charge on any atom is -0.507 e. The minimum absolute atomic E-state index is 0.0194. The normalized spacial score (nSPS) is 12.5. The van der Waals surface area contributed by atoms with Gasteiger partial charge in [-0.2, -0.15) is 0 Å². The van der Waals surface area contributed by atoms with E-state index >= 15 is 0 Å². The summed E-state index contributed by atoms with van der Waals surface area (Å²) in [4.78, 5) is 25.7. The van der Waals surface area contributed by atoms with E-state index in [1.807, 2.05) is 30.3 Å². The summed E-state index contributed by atoms with van der Waals surface area (Å²) in [5.41, 5.74) is 1.92. The van der Waals surface area contributed by atoms with E-state index in [2.05, 4.69) is 0 Å². The van der Waals surface area contributed by atoms with Crippen molar-refractivity contribution in [2.45, 2.75) is 6.42 Å². The molecule has 1 aliphatic carbocycles. The number of aromatic hydroxyl groups is 1. The summed E-state index contributed by atoms with van der Waals surface area (Å²) < 4.78 is 5.81. The van der Waals surface area contributed by atoms with Gasteiger partial charge >= 0.3 is 0 Å². The highest BCUT2D eigenvalue weighted by molar-refractivity contribution is 6.30. The van der Waals surface area contributed by atoms with E-state index in [4.69, 9.17) is 4.74 Å². The van der Waals surface area contributed by atoms with Gasteiger partial charge in [0.05, 0.1) is 17.7 Å². The van der Waals surface area contributed by atoms with Gasteiger partial charge < -0.3 is 9.84 Å². The summed E-state index contributed by atoms with van der Waals surface area (Å²) >= 11 is 0. The van der Waals surface area contributed by atoms with Gasteiger partial charge in [-0.25, -0.2) is 0 Å². The summed E-state index contributed by atoms with van der Waals surface area (Å²) in [5, 5.41) is 10.2. The Labute approximate surface area is 150 Å². The first-order valence-corrected chi connectivity index (χ1v) is 8.38. The van der Waals surface area contributed by atoms with E-state index in [1.165, 1.54) is 12.1 Å². The van der Waals surface area contributed by atoms with Crippen molar-refractivity contribution in [1.82, 2.24) is 0 Å². The van der Waals surface area contributed by atoms with Gasteiger partial charge in [-0.1, -0.05) is 54.6 Å². The SMILES string of the molecule is O=C1c2ccccc2C(=O)c2c(OCCc3ccccc3)ccc(O)c21. The second-order valence-corrected chi connectivity index (χ2v) is 6.12. The largest absolute Gasteiger partial charge is 0.507 e. The van der Waals surface area contributed by atoms with Crippen LogP contribution >= 0.6 is 0 Å². The Morgan fingerprint density at radius 3 is 2.04 bits per heavy atom. The van der Waals surface area contributed by atoms with Gasteiger partial charge in [-0.3, -0.25) is 9.59 Å². The molecule has 0 fully saturated rings. The highest BCUT2D eigenvalue weighted by atomic mass is 16.5. The van der Waals surface area contributed by atoms with Crippen molar-refractivity contribution in [3.05, 3.63) is 94.5 Å². The molecular formula is C22H16O4. The van der Waals surface area contributed by atoms with E-state index in [1.54, 1.807) is 24.3 Å². The number of carbonyl (C=O) groups excluding carboxylic acids is 2. The van der Waals surface area contributed by atoms with Gasteiger partial charge in [0.15, 0.2) is 11.6 Å². The van der Waals surface area contributed by atoms with Crippen molar-refractivity contribution in [1.29, 1.82) is 0 Å². The number of hydrogen-bond acceptors (Lipinski definition) is 4. The van der Waals surface area contributed by atoms with Crippen LogP contribution in [0.1, 0.15) is 37.4 Å². The molecule has 0 heterocycles. The van der Waals surface area contributed by atoms with Crippen LogP contribution in [0.2, 0.25) is 0 Å². The second-order valence-electron chi connectivity index (χ2n) is 6.12. The fourth-order valence-corrected chi connectivity index (χ4v) is 3.22. The van der Waals surface area contributed by atoms with Crippen LogP contribution in [0.15, 0.2) is 66.7 Å². The first kappa shape index (κ1) is 16.1. The minimum atomic E-state index is -0.360. The summed E-state index contributed by atoms with van der Waals surface area (Å²) in [6, 6.07) is 19.4. The number of fused-ring (bicyclic) bond motifs is 2. The maximum absolute atomic E-state index is 12.9. The first-order chi connectivity index (χ1) is 12.7. The van der Waals surface area contributed by atoms with Crippen LogP contribution in [0.5, 0.6) is 11.5 Å². The standard InChI is InChI=1S/C22H16O4/c23-17-10-11-18(26-13-12-14-6-2-1-3-7-14)20-19(17)21(24)15-8-4-5-9-16(15)22(20)25/h1-11,23H,12-13H2. The molecular weight excluding hydrogens is 328 g/mol. The average Bonchev–Trinajstić information content (AvgIpc) is 2.68. The molecule has 0 bridgehead atoms. The summed E-state index contributed by atoms with van der Waals surface area (Å²) in [6.07, 6.45) is 0.676. The van der Waals surface area contributed by atoms with Crippen LogP contribution < -0.4 is 4.74 Å². The van der Waals surface area contributed by atoms with Crippen LogP contribution in [0.25, 0.3) is 0 Å². The van der Waals surface area contributed by atoms with Crippen molar-refractivity contribution in [3.63, 3.8) is 0 Å². The zero-order valence-corrected chi connectivity index (χ0v) is 13.9. The lowest BCUT2D eigenvalue weighted by Gasteiger charge is -2.21. The summed E-state index contributed by atoms with van der Waals surface area (Å²) in [7, 11) is 0. The molecule has 3 aromatic rings. The number of phenols is 1. The second kappa shape index (κ2) is 6.48. The quantitative estimate of drug-likeness (QED) is 0.612. The molecule has 0 amide bonds. The van der Waals surface area contributed by atoms with Crippen molar-refractivity contribution < 1.29 is 19.4 Å². The molecule has 0 atom stereocenters. The highest BCUT2D eigenvalue weighted by Gasteiger charge is 2.34. The van der Waals surface area contributed by atoms with Gasteiger partial charge in [-0.05, 0) is 17.7 Å². The molecule has 3 aromatic carbocycles. The third-order valence-corrected chi connectivity index (χ3v) is 4.51. The van der Waals surface area contributed by atoms with E-state index in [9.17, 15) is 14.7 Å². The number of carbonyl (C=O) groups is 2. The Morgan fingerprint density at radius 2 is 1.35 bits per heavy atom. The van der Waals surface area contributed by atoms with E-state index in [0.29, 0.717) is 29.9 Å². The van der Waals surface area contributed by atoms with Gasteiger partial charge in [0, 0.05) is 17.5 Å². The number of hydrogen-bond donors (Lipinski definition) is 1. The van der Waals surface area contributed by atoms with Gasteiger partial charge in [0.2, 0.25) is 0 Å². The van der Waals surface area contributed by atoms with E-state index < -0.39 is 0 Å². The number of rotatable bonds is 4. The Morgan fingerprint density at radius 1 is 0.731 bits per heavy atom. The van der Waals surface area contributed by atoms with Crippen LogP contribution in [0.4, 0.5) is 0 Å². The lowest BCUT2D eigenvalue weighted by atomic mass is 9.83. The average molecular weight is 344 g/mol. The molecule has 4 rings (SSSR count). The predicted octanol–water partition coefficient (Wildman–Crippen LogP) is 3.79. The highest BCUT2D eigenvalue weighted by Crippen LogP contribution is 2.38. The zero-order chi connectivity index (χ0) is 18.1. The predicted molar refractivity (Wildman–Crippen MR) is 97.1 cm³/mol. The van der Waals surface area contributed by atoms with Crippen molar-refractivity contribution in [2.24, 2.45) is 0 Å². The number of phenolic OH excluding ortho intramolecular Hbond substituents is 1. The van der Waals surface area contributed by atoms with Crippen molar-refractivity contribution >= 4 is 11.6 Å². The Hall–Kier alpha value is -3.40. The summed E-state index contributed by atoms with van der Waals surface area (Å²) in [5.74, 6) is -0.549. The van der Waals surface area contributed by atoms with Gasteiger partial charge in [-0.15, -0.1) is 0 Å². The Bertz CT molecular complexity index is 1010. The topological polar surface area (TPSA) is 63.6 Å². The molecule has 128 valence electrons. The molecule has 1 N–H and O–H groups in total. The number of ketones is 2. The van der Waals surface area contributed by atoms with E-state index in [-0.39, 0.29) is 28.4 Å². The third-order valence-electron chi connectivity index (χ3n) is 4.51. The van der Waals surface area contributed by atoms with Crippen LogP contribution in [0.3, 0.4) is 0 Å². The molecule has 0 saturated carbocycles. The monoisotopic (exact) mass is 344 g/mol. The van der Waals surface area contributed by atoms with Crippen LogP contribution in [-0.4, -0.2) is 23.3 Å². The molecule has 0 aliphatic heterocycles. The van der Waals surface area contributed by atoms with E-state index in [0.717, 1.165) is 5.56 Å². The van der Waals surface area contributed by atoms with Crippen LogP contribution in [-0.2, 0) is 6.42 Å². The maximum Gasteiger partial charge on any atom is 0.198 e. The molecule has 0 saturated heterocycles. The molecule has 0 unspecified atom stereocenters. The van der Waals surface area contributed by atoms with Gasteiger partial charge in [0.25, 0.3) is 0 Å². The molecule has 0 aromatic heterocycles. The molecule has 4 heteroatoms. The van der Waals surface area contributed by atoms with Crippen molar-refractivity contribution in [3.8, 4) is 11.5 Å². The zero-order valence-electron chi connectivity index (χ0n) is 13.9. The lowest BCUT2D eigenvalue weighted by Crippen LogP contribution is -2.22. The number of benzene rings is 3. The molecule has 0 spiro atoms. The molecule has 1 aliphatic rings. The molecule has 4 nitrogen and oxygen atoms in total. The smallest absolute Gasteiger partial charge is 0.198 e. The van der Waals surface area contributed by atoms with Gasteiger partial charge in [0.1, 0.15) is 11.5 Å². The maximum atomic E-state index is 12.9. The molecule has 26 heavy (non-hydrogen) atoms. The number of ether oxygens (including phenoxy) is 1. The fourth-order valence-electron chi connectivity index (χ4n) is 3.22. The molecule has 0 radical (unpaired) electrons. The lowest BCUT2D eigenvalue weighted by molar-refractivity contribution is 0.0973. The van der Waals surface area contributed by atoms with Crippen molar-refractivity contribution in [2.75, 3.05) is 6.61 Å². The first-order valence-electron chi connectivity index (χ1n) is 8.38.